The Kier molecular flexibility index (Phi) is 4.59. The monoisotopic (exact) mass is 247 g/mol. The van der Waals surface area contributed by atoms with Crippen LogP contribution < -0.4 is 4.90 Å². The van der Waals surface area contributed by atoms with Gasteiger partial charge in [-0.15, -0.1) is 0 Å². The minimum absolute atomic E-state index is 0.567. The van der Waals surface area contributed by atoms with Crippen molar-refractivity contribution in [1.29, 1.82) is 0 Å². The first-order valence-corrected chi connectivity index (χ1v) is 7.17. The molecule has 0 unspecified atom stereocenters. The summed E-state index contributed by atoms with van der Waals surface area (Å²) in [6.07, 6.45) is 6.01. The van der Waals surface area contributed by atoms with E-state index >= 15 is 0 Å². The summed E-state index contributed by atoms with van der Waals surface area (Å²) in [5.41, 5.74) is 1.37. The van der Waals surface area contributed by atoms with Crippen LogP contribution in [0.3, 0.4) is 0 Å². The molecule has 18 heavy (non-hydrogen) atoms. The van der Waals surface area contributed by atoms with Crippen molar-refractivity contribution in [1.82, 2.24) is 9.88 Å². The Labute approximate surface area is 111 Å². The molecule has 1 fully saturated rings. The molecule has 0 bridgehead atoms. The highest BCUT2D eigenvalue weighted by Gasteiger charge is 2.20. The molecule has 1 saturated heterocycles. The lowest BCUT2D eigenvalue weighted by atomic mass is 9.97. The van der Waals surface area contributed by atoms with E-state index in [0.29, 0.717) is 6.04 Å². The summed E-state index contributed by atoms with van der Waals surface area (Å²) >= 11 is 0. The summed E-state index contributed by atoms with van der Waals surface area (Å²) in [5, 5.41) is 0. The van der Waals surface area contributed by atoms with E-state index in [9.17, 15) is 0 Å². The van der Waals surface area contributed by atoms with E-state index in [1.54, 1.807) is 0 Å². The Morgan fingerprint density at radius 3 is 2.61 bits per heavy atom. The number of nitrogens with zero attached hydrogens (tertiary/aromatic N) is 3. The van der Waals surface area contributed by atoms with Gasteiger partial charge >= 0.3 is 0 Å². The van der Waals surface area contributed by atoms with Crippen molar-refractivity contribution in [2.45, 2.75) is 39.2 Å². The van der Waals surface area contributed by atoms with Gasteiger partial charge in [0.15, 0.2) is 0 Å². The molecule has 1 aromatic rings. The molecule has 0 aromatic carbocycles. The fourth-order valence-electron chi connectivity index (χ4n) is 2.83. The van der Waals surface area contributed by atoms with Gasteiger partial charge in [0.25, 0.3) is 0 Å². The molecule has 0 saturated carbocycles. The van der Waals surface area contributed by atoms with Crippen molar-refractivity contribution in [2.75, 3.05) is 31.6 Å². The molecule has 2 rings (SSSR count). The van der Waals surface area contributed by atoms with Gasteiger partial charge in [-0.25, -0.2) is 4.98 Å². The lowest BCUT2D eigenvalue weighted by molar-refractivity contribution is 0.187. The number of likely N-dealkylation sites (tertiary alicyclic amines) is 1. The molecule has 1 aliphatic heterocycles. The van der Waals surface area contributed by atoms with Gasteiger partial charge in [-0.1, -0.05) is 12.5 Å². The SMILES string of the molecule is CCN(CC)c1ccc([C@@H]2CCCCN2C)cn1. The van der Waals surface area contributed by atoms with Gasteiger partial charge in [0.05, 0.1) is 0 Å². The summed E-state index contributed by atoms with van der Waals surface area (Å²) in [6, 6.07) is 5.00. The Morgan fingerprint density at radius 1 is 1.28 bits per heavy atom. The highest BCUT2D eigenvalue weighted by molar-refractivity contribution is 5.39. The largest absolute Gasteiger partial charge is 0.357 e. The van der Waals surface area contributed by atoms with Crippen LogP contribution in [0, 0.1) is 0 Å². The number of piperidine rings is 1. The number of anilines is 1. The van der Waals surface area contributed by atoms with Crippen molar-refractivity contribution in [2.24, 2.45) is 0 Å². The Hall–Kier alpha value is -1.09. The van der Waals surface area contributed by atoms with Gasteiger partial charge < -0.3 is 4.90 Å². The average molecular weight is 247 g/mol. The first-order chi connectivity index (χ1) is 8.76. The number of aromatic nitrogens is 1. The average Bonchev–Trinajstić information content (AvgIpc) is 2.42. The van der Waals surface area contributed by atoms with Gasteiger partial charge in [-0.05, 0) is 51.9 Å². The van der Waals surface area contributed by atoms with Gasteiger partial charge in [-0.3, -0.25) is 4.90 Å². The third-order valence-electron chi connectivity index (χ3n) is 4.01. The standard InChI is InChI=1S/C15H25N3/c1-4-18(5-2)15-10-9-13(12-16-15)14-8-6-7-11-17(14)3/h9-10,12,14H,4-8,11H2,1-3H3/t14-/m0/s1. The molecule has 2 heterocycles. The lowest BCUT2D eigenvalue weighted by Crippen LogP contribution is -2.29. The topological polar surface area (TPSA) is 19.4 Å². The van der Waals surface area contributed by atoms with Crippen LogP contribution in [-0.4, -0.2) is 36.6 Å². The summed E-state index contributed by atoms with van der Waals surface area (Å²) in [7, 11) is 2.22. The molecule has 1 atom stereocenters. The number of hydrogen-bond donors (Lipinski definition) is 0. The van der Waals surface area contributed by atoms with Crippen LogP contribution in [0.2, 0.25) is 0 Å². The lowest BCUT2D eigenvalue weighted by Gasteiger charge is -2.32. The van der Waals surface area contributed by atoms with Crippen LogP contribution in [0.25, 0.3) is 0 Å². The van der Waals surface area contributed by atoms with Crippen molar-refractivity contribution in [3.63, 3.8) is 0 Å². The minimum Gasteiger partial charge on any atom is -0.357 e. The molecule has 3 heteroatoms. The second-order valence-corrected chi connectivity index (χ2v) is 5.11. The molecule has 0 radical (unpaired) electrons. The zero-order valence-corrected chi connectivity index (χ0v) is 11.9. The molecule has 0 amide bonds. The van der Waals surface area contributed by atoms with Gasteiger partial charge in [0.2, 0.25) is 0 Å². The van der Waals surface area contributed by atoms with Gasteiger partial charge in [0.1, 0.15) is 5.82 Å². The molecule has 0 N–H and O–H groups in total. The third kappa shape index (κ3) is 2.83. The van der Waals surface area contributed by atoms with E-state index in [4.69, 9.17) is 0 Å². The van der Waals surface area contributed by atoms with Crippen LogP contribution in [0.4, 0.5) is 5.82 Å². The highest BCUT2D eigenvalue weighted by Crippen LogP contribution is 2.29. The van der Waals surface area contributed by atoms with Gasteiger partial charge in [0, 0.05) is 25.3 Å². The second-order valence-electron chi connectivity index (χ2n) is 5.11. The van der Waals surface area contributed by atoms with E-state index in [-0.39, 0.29) is 0 Å². The zero-order valence-electron chi connectivity index (χ0n) is 11.9. The van der Waals surface area contributed by atoms with E-state index in [1.807, 2.05) is 0 Å². The number of hydrogen-bond acceptors (Lipinski definition) is 3. The summed E-state index contributed by atoms with van der Waals surface area (Å²) in [6.45, 7) is 7.60. The Morgan fingerprint density at radius 2 is 2.06 bits per heavy atom. The molecule has 0 aliphatic carbocycles. The Balaban J connectivity index is 2.11. The van der Waals surface area contributed by atoms with E-state index in [0.717, 1.165) is 18.9 Å². The highest BCUT2D eigenvalue weighted by atomic mass is 15.2. The van der Waals surface area contributed by atoms with E-state index in [1.165, 1.54) is 31.4 Å². The van der Waals surface area contributed by atoms with Crippen molar-refractivity contribution in [3.8, 4) is 0 Å². The zero-order chi connectivity index (χ0) is 13.0. The van der Waals surface area contributed by atoms with Crippen LogP contribution in [0.15, 0.2) is 18.3 Å². The van der Waals surface area contributed by atoms with Crippen LogP contribution in [0.5, 0.6) is 0 Å². The summed E-state index contributed by atoms with van der Waals surface area (Å²) in [5.74, 6) is 1.10. The molecule has 1 aromatic heterocycles. The van der Waals surface area contributed by atoms with E-state index in [2.05, 4.69) is 54.0 Å². The molecule has 1 aliphatic rings. The van der Waals surface area contributed by atoms with Crippen LogP contribution in [-0.2, 0) is 0 Å². The first-order valence-electron chi connectivity index (χ1n) is 7.17. The normalized spacial score (nSPS) is 20.9. The third-order valence-corrected chi connectivity index (χ3v) is 4.01. The fraction of sp³-hybridized carbons (Fsp3) is 0.667. The molecular formula is C15H25N3. The van der Waals surface area contributed by atoms with Crippen molar-refractivity contribution < 1.29 is 0 Å². The van der Waals surface area contributed by atoms with Crippen LogP contribution >= 0.6 is 0 Å². The Bertz CT molecular complexity index is 357. The number of pyridine rings is 1. The fourth-order valence-corrected chi connectivity index (χ4v) is 2.83. The molecule has 3 nitrogen and oxygen atoms in total. The second kappa shape index (κ2) is 6.19. The van der Waals surface area contributed by atoms with E-state index < -0.39 is 0 Å². The maximum atomic E-state index is 4.63. The summed E-state index contributed by atoms with van der Waals surface area (Å²) < 4.78 is 0. The molecule has 0 spiro atoms. The smallest absolute Gasteiger partial charge is 0.128 e. The molecular weight excluding hydrogens is 222 g/mol. The molecule has 100 valence electrons. The van der Waals surface area contributed by atoms with Gasteiger partial charge in [-0.2, -0.15) is 0 Å². The predicted octanol–water partition coefficient (Wildman–Crippen LogP) is 3.08. The van der Waals surface area contributed by atoms with Crippen molar-refractivity contribution in [3.05, 3.63) is 23.9 Å². The minimum atomic E-state index is 0.567. The maximum Gasteiger partial charge on any atom is 0.128 e. The predicted molar refractivity (Wildman–Crippen MR) is 77.0 cm³/mol. The first kappa shape index (κ1) is 13.3. The summed E-state index contributed by atoms with van der Waals surface area (Å²) in [4.78, 5) is 9.37. The quantitative estimate of drug-likeness (QED) is 0.815. The van der Waals surface area contributed by atoms with Crippen molar-refractivity contribution >= 4 is 5.82 Å². The maximum absolute atomic E-state index is 4.63. The number of rotatable bonds is 4. The van der Waals surface area contributed by atoms with Crippen LogP contribution in [0.1, 0.15) is 44.7 Å².